The van der Waals surface area contributed by atoms with E-state index in [1.54, 1.807) is 0 Å². The first kappa shape index (κ1) is 27.4. The predicted molar refractivity (Wildman–Crippen MR) is 146 cm³/mol. The molecule has 0 unspecified atom stereocenters. The Morgan fingerprint density at radius 2 is 1.20 bits per heavy atom. The summed E-state index contributed by atoms with van der Waals surface area (Å²) >= 11 is 17.9. The summed E-state index contributed by atoms with van der Waals surface area (Å²) in [7, 11) is 0. The Hall–Kier alpha value is -2.20. The van der Waals surface area contributed by atoms with Crippen molar-refractivity contribution in [1.29, 1.82) is 0 Å². The third-order valence-corrected chi connectivity index (χ3v) is 6.72. The average molecular weight is 534 g/mol. The second-order valence-corrected chi connectivity index (χ2v) is 9.71. The van der Waals surface area contributed by atoms with Crippen LogP contribution in [0.3, 0.4) is 0 Å². The molecule has 6 heteroatoms. The van der Waals surface area contributed by atoms with Crippen LogP contribution in [0.25, 0.3) is 11.1 Å². The molecule has 0 bridgehead atoms. The lowest BCUT2D eigenvalue weighted by Crippen LogP contribution is -2.07. The average Bonchev–Trinajstić information content (AvgIpc) is 2.86. The van der Waals surface area contributed by atoms with E-state index in [1.165, 1.54) is 48.9 Å². The van der Waals surface area contributed by atoms with Crippen molar-refractivity contribution in [2.24, 2.45) is 0 Å². The van der Waals surface area contributed by atoms with Gasteiger partial charge in [0.05, 0.1) is 21.7 Å². The summed E-state index contributed by atoms with van der Waals surface area (Å²) in [5.74, 6) is 0.865. The number of unbranched alkanes of at least 4 members (excludes halogenated alkanes) is 7. The van der Waals surface area contributed by atoms with E-state index in [2.05, 4.69) is 24.3 Å². The number of hydrogen-bond acceptors (Lipinski definition) is 3. The third kappa shape index (κ3) is 9.76. The van der Waals surface area contributed by atoms with Crippen LogP contribution < -0.4 is 9.47 Å². The fourth-order valence-corrected chi connectivity index (χ4v) is 4.33. The van der Waals surface area contributed by atoms with E-state index in [0.29, 0.717) is 16.5 Å². The molecule has 3 aromatic rings. The first-order valence-electron chi connectivity index (χ1n) is 12.2. The van der Waals surface area contributed by atoms with Gasteiger partial charge in [-0.25, -0.2) is 0 Å². The molecule has 35 heavy (non-hydrogen) atoms. The van der Waals surface area contributed by atoms with Crippen molar-refractivity contribution in [2.45, 2.75) is 57.8 Å². The highest BCUT2D eigenvalue weighted by atomic mass is 35.5. The van der Waals surface area contributed by atoms with E-state index >= 15 is 0 Å². The van der Waals surface area contributed by atoms with Gasteiger partial charge >= 0.3 is 5.97 Å². The van der Waals surface area contributed by atoms with E-state index in [0.717, 1.165) is 38.0 Å². The first-order chi connectivity index (χ1) is 17.0. The van der Waals surface area contributed by atoms with E-state index in [9.17, 15) is 4.79 Å². The van der Waals surface area contributed by atoms with Crippen LogP contribution in [0.4, 0.5) is 0 Å². The van der Waals surface area contributed by atoms with E-state index < -0.39 is 0 Å². The van der Waals surface area contributed by atoms with E-state index in [1.807, 2.05) is 30.3 Å². The number of carbonyl (C=O) groups is 1. The molecular weight excluding hydrogens is 503 g/mol. The highest BCUT2D eigenvalue weighted by molar-refractivity contribution is 6.43. The van der Waals surface area contributed by atoms with Gasteiger partial charge in [0.2, 0.25) is 0 Å². The van der Waals surface area contributed by atoms with Crippen molar-refractivity contribution in [3.05, 3.63) is 81.8 Å². The maximum atomic E-state index is 12.0. The van der Waals surface area contributed by atoms with E-state index in [4.69, 9.17) is 44.3 Å². The number of benzene rings is 3. The van der Waals surface area contributed by atoms with Crippen LogP contribution in [0, 0.1) is 0 Å². The molecule has 3 aromatic carbocycles. The summed E-state index contributed by atoms with van der Waals surface area (Å²) in [6, 6.07) is 21.6. The molecule has 0 atom stereocenters. The SMILES string of the molecule is O=C(CCCCCCCCCCOc1ccc(-c2ccccc2)cc1)Oc1cc(Cl)c(Cl)cc1Cl. The van der Waals surface area contributed by atoms with Gasteiger partial charge in [0, 0.05) is 12.5 Å². The Balaban J connectivity index is 1.17. The first-order valence-corrected chi connectivity index (χ1v) is 13.3. The monoisotopic (exact) mass is 532 g/mol. The zero-order chi connectivity index (χ0) is 24.9. The molecule has 0 N–H and O–H groups in total. The molecule has 0 amide bonds. The second-order valence-electron chi connectivity index (χ2n) is 8.49. The van der Waals surface area contributed by atoms with Gasteiger partial charge < -0.3 is 9.47 Å². The van der Waals surface area contributed by atoms with Crippen molar-refractivity contribution >= 4 is 40.8 Å². The standard InChI is InChI=1S/C29H31Cl3O3/c30-25-20-27(32)28(21-26(25)31)35-29(33)14-10-5-3-1-2-4-6-11-19-34-24-17-15-23(16-18-24)22-12-8-7-9-13-22/h7-9,12-13,15-18,20-21H,1-6,10-11,14,19H2. The lowest BCUT2D eigenvalue weighted by atomic mass is 10.1. The molecule has 0 heterocycles. The maximum absolute atomic E-state index is 12.0. The number of rotatable bonds is 14. The smallest absolute Gasteiger partial charge is 0.311 e. The van der Waals surface area contributed by atoms with Crippen LogP contribution in [0.15, 0.2) is 66.7 Å². The molecule has 0 aliphatic rings. The lowest BCUT2D eigenvalue weighted by Gasteiger charge is -2.08. The minimum absolute atomic E-state index is 0.249. The zero-order valence-electron chi connectivity index (χ0n) is 19.8. The minimum Gasteiger partial charge on any atom is -0.494 e. The normalized spacial score (nSPS) is 10.8. The van der Waals surface area contributed by atoms with Crippen LogP contribution in [0.1, 0.15) is 57.8 Å². The number of halogens is 3. The molecule has 186 valence electrons. The fourth-order valence-electron chi connectivity index (χ4n) is 3.75. The Kier molecular flexibility index (Phi) is 11.8. The maximum Gasteiger partial charge on any atom is 0.311 e. The quantitative estimate of drug-likeness (QED) is 0.0895. The summed E-state index contributed by atoms with van der Waals surface area (Å²) < 4.78 is 11.2. The van der Waals surface area contributed by atoms with Crippen LogP contribution in [0.2, 0.25) is 15.1 Å². The molecule has 0 saturated carbocycles. The van der Waals surface area contributed by atoms with Gasteiger partial charge in [-0.2, -0.15) is 0 Å². The number of hydrogen-bond donors (Lipinski definition) is 0. The Labute approximate surface area is 223 Å². The molecule has 0 radical (unpaired) electrons. The zero-order valence-corrected chi connectivity index (χ0v) is 22.0. The fraction of sp³-hybridized carbons (Fsp3) is 0.345. The minimum atomic E-state index is -0.306. The van der Waals surface area contributed by atoms with E-state index in [-0.39, 0.29) is 16.7 Å². The molecule has 0 fully saturated rings. The van der Waals surface area contributed by atoms with Gasteiger partial charge in [-0.05, 0) is 42.2 Å². The molecular formula is C29H31Cl3O3. The van der Waals surface area contributed by atoms with Gasteiger partial charge in [-0.1, -0.05) is 116 Å². The Morgan fingerprint density at radius 1 is 0.629 bits per heavy atom. The molecule has 0 aromatic heterocycles. The van der Waals surface area contributed by atoms with Gasteiger partial charge in [0.25, 0.3) is 0 Å². The molecule has 0 spiro atoms. The molecule has 0 aliphatic carbocycles. The van der Waals surface area contributed by atoms with Gasteiger partial charge in [-0.15, -0.1) is 0 Å². The summed E-state index contributed by atoms with van der Waals surface area (Å²) in [5, 5.41) is 0.917. The van der Waals surface area contributed by atoms with Gasteiger partial charge in [0.1, 0.15) is 5.75 Å². The Bertz CT molecular complexity index is 1050. The van der Waals surface area contributed by atoms with Crippen LogP contribution >= 0.6 is 34.8 Å². The predicted octanol–water partition coefficient (Wildman–Crippen LogP) is 9.81. The Morgan fingerprint density at radius 3 is 1.89 bits per heavy atom. The van der Waals surface area contributed by atoms with Gasteiger partial charge in [0.15, 0.2) is 5.75 Å². The van der Waals surface area contributed by atoms with Crippen molar-refractivity contribution < 1.29 is 14.3 Å². The summed E-state index contributed by atoms with van der Waals surface area (Å²) in [6.45, 7) is 0.746. The molecule has 0 saturated heterocycles. The van der Waals surface area contributed by atoms with Crippen LogP contribution in [-0.2, 0) is 4.79 Å². The molecule has 3 rings (SSSR count). The molecule has 3 nitrogen and oxygen atoms in total. The highest BCUT2D eigenvalue weighted by Crippen LogP contribution is 2.34. The highest BCUT2D eigenvalue weighted by Gasteiger charge is 2.11. The largest absolute Gasteiger partial charge is 0.494 e. The summed E-state index contributed by atoms with van der Waals surface area (Å²) in [6.07, 6.45) is 9.09. The number of esters is 1. The topological polar surface area (TPSA) is 35.5 Å². The van der Waals surface area contributed by atoms with Crippen molar-refractivity contribution in [1.82, 2.24) is 0 Å². The second kappa shape index (κ2) is 15.0. The third-order valence-electron chi connectivity index (χ3n) is 5.70. The summed E-state index contributed by atoms with van der Waals surface area (Å²) in [5.41, 5.74) is 2.41. The lowest BCUT2D eigenvalue weighted by molar-refractivity contribution is -0.134. The summed E-state index contributed by atoms with van der Waals surface area (Å²) in [4.78, 5) is 12.0. The van der Waals surface area contributed by atoms with Crippen molar-refractivity contribution in [3.8, 4) is 22.6 Å². The van der Waals surface area contributed by atoms with Gasteiger partial charge in [-0.3, -0.25) is 4.79 Å². The number of carbonyl (C=O) groups excluding carboxylic acids is 1. The van der Waals surface area contributed by atoms with Crippen molar-refractivity contribution in [3.63, 3.8) is 0 Å². The van der Waals surface area contributed by atoms with Crippen molar-refractivity contribution in [2.75, 3.05) is 6.61 Å². The van der Waals surface area contributed by atoms with Crippen LogP contribution in [0.5, 0.6) is 11.5 Å². The number of ether oxygens (including phenoxy) is 2. The molecule has 0 aliphatic heterocycles. The van der Waals surface area contributed by atoms with Crippen LogP contribution in [-0.4, -0.2) is 12.6 Å².